The highest BCUT2D eigenvalue weighted by Crippen LogP contribution is 2.32. The molecule has 3 rings (SSSR count). The third-order valence-electron chi connectivity index (χ3n) is 3.79. The Kier molecular flexibility index (Phi) is 3.92. The zero-order valence-electron chi connectivity index (χ0n) is 11.4. The number of ether oxygens (including phenoxy) is 1. The second kappa shape index (κ2) is 5.83. The van der Waals surface area contributed by atoms with E-state index >= 15 is 0 Å². The maximum atomic E-state index is 12.0. The standard InChI is InChI=1S/C16H17NO2S/c1-20-14-8-13(9-14)19-16(18)7-11-3-2-4-12-10-17-6-5-15(11)12/h2-6,10,13-14H,7-9H2,1H3. The van der Waals surface area contributed by atoms with Crippen molar-refractivity contribution < 1.29 is 9.53 Å². The van der Waals surface area contributed by atoms with Crippen LogP contribution >= 0.6 is 11.8 Å². The van der Waals surface area contributed by atoms with Crippen molar-refractivity contribution in [2.45, 2.75) is 30.6 Å². The smallest absolute Gasteiger partial charge is 0.310 e. The quantitative estimate of drug-likeness (QED) is 0.809. The number of aromatic nitrogens is 1. The van der Waals surface area contributed by atoms with E-state index in [1.54, 1.807) is 6.20 Å². The molecule has 1 fully saturated rings. The number of hydrogen-bond acceptors (Lipinski definition) is 4. The van der Waals surface area contributed by atoms with Crippen molar-refractivity contribution in [3.8, 4) is 0 Å². The van der Waals surface area contributed by atoms with Gasteiger partial charge in [0.1, 0.15) is 6.10 Å². The second-order valence-electron chi connectivity index (χ2n) is 5.13. The van der Waals surface area contributed by atoms with Gasteiger partial charge in [-0.3, -0.25) is 9.78 Å². The number of hydrogen-bond donors (Lipinski definition) is 0. The summed E-state index contributed by atoms with van der Waals surface area (Å²) in [7, 11) is 0. The average Bonchev–Trinajstić information content (AvgIpc) is 2.43. The molecule has 104 valence electrons. The fraction of sp³-hybridized carbons (Fsp3) is 0.375. The van der Waals surface area contributed by atoms with Gasteiger partial charge in [-0.05, 0) is 36.1 Å². The molecule has 0 saturated heterocycles. The maximum Gasteiger partial charge on any atom is 0.310 e. The minimum Gasteiger partial charge on any atom is -0.462 e. The van der Waals surface area contributed by atoms with Gasteiger partial charge in [-0.2, -0.15) is 11.8 Å². The van der Waals surface area contributed by atoms with E-state index < -0.39 is 0 Å². The van der Waals surface area contributed by atoms with Crippen LogP contribution in [-0.2, 0) is 16.0 Å². The van der Waals surface area contributed by atoms with Gasteiger partial charge >= 0.3 is 5.97 Å². The van der Waals surface area contributed by atoms with Gasteiger partial charge in [0.2, 0.25) is 0 Å². The Morgan fingerprint density at radius 2 is 2.25 bits per heavy atom. The van der Waals surface area contributed by atoms with E-state index in [1.807, 2.05) is 42.2 Å². The molecule has 2 aromatic rings. The molecule has 1 aromatic heterocycles. The number of thioether (sulfide) groups is 1. The Labute approximate surface area is 122 Å². The SMILES string of the molecule is CSC1CC(OC(=O)Cc2cccc3cnccc23)C1. The topological polar surface area (TPSA) is 39.2 Å². The van der Waals surface area contributed by atoms with Crippen LogP contribution in [0.1, 0.15) is 18.4 Å². The molecule has 20 heavy (non-hydrogen) atoms. The van der Waals surface area contributed by atoms with Gasteiger partial charge in [-0.25, -0.2) is 0 Å². The van der Waals surface area contributed by atoms with E-state index in [-0.39, 0.29) is 12.1 Å². The van der Waals surface area contributed by atoms with E-state index in [0.717, 1.165) is 29.2 Å². The van der Waals surface area contributed by atoms with E-state index in [4.69, 9.17) is 4.74 Å². The number of esters is 1. The van der Waals surface area contributed by atoms with Gasteiger partial charge in [0.15, 0.2) is 0 Å². The van der Waals surface area contributed by atoms with E-state index in [2.05, 4.69) is 11.2 Å². The Morgan fingerprint density at radius 3 is 3.05 bits per heavy atom. The van der Waals surface area contributed by atoms with Crippen molar-refractivity contribution >= 4 is 28.5 Å². The van der Waals surface area contributed by atoms with Gasteiger partial charge in [0.05, 0.1) is 6.42 Å². The summed E-state index contributed by atoms with van der Waals surface area (Å²) in [5.41, 5.74) is 1.01. The van der Waals surface area contributed by atoms with Crippen LogP contribution in [0.25, 0.3) is 10.8 Å². The molecule has 0 spiro atoms. The first-order valence-electron chi connectivity index (χ1n) is 6.80. The third kappa shape index (κ3) is 2.80. The molecule has 0 radical (unpaired) electrons. The first-order chi connectivity index (χ1) is 9.76. The Hall–Kier alpha value is -1.55. The molecule has 3 nitrogen and oxygen atoms in total. The highest BCUT2D eigenvalue weighted by Gasteiger charge is 2.31. The van der Waals surface area contributed by atoms with Crippen LogP contribution in [0.15, 0.2) is 36.7 Å². The average molecular weight is 287 g/mol. The molecule has 0 amide bonds. The molecule has 0 aliphatic heterocycles. The van der Waals surface area contributed by atoms with Crippen molar-refractivity contribution in [2.75, 3.05) is 6.26 Å². The van der Waals surface area contributed by atoms with Crippen LogP contribution in [0.5, 0.6) is 0 Å². The zero-order valence-corrected chi connectivity index (χ0v) is 12.2. The van der Waals surface area contributed by atoms with Gasteiger partial charge in [0, 0.05) is 23.0 Å². The largest absolute Gasteiger partial charge is 0.462 e. The summed E-state index contributed by atoms with van der Waals surface area (Å²) in [6, 6.07) is 7.89. The number of nitrogens with zero attached hydrogens (tertiary/aromatic N) is 1. The van der Waals surface area contributed by atoms with Crippen LogP contribution in [-0.4, -0.2) is 28.6 Å². The molecule has 1 aromatic carbocycles. The van der Waals surface area contributed by atoms with Gasteiger partial charge in [0.25, 0.3) is 0 Å². The first-order valence-corrected chi connectivity index (χ1v) is 8.09. The molecule has 4 heteroatoms. The molecule has 1 saturated carbocycles. The lowest BCUT2D eigenvalue weighted by atomic mass is 9.95. The molecule has 1 aliphatic carbocycles. The van der Waals surface area contributed by atoms with Crippen molar-refractivity contribution in [1.82, 2.24) is 4.98 Å². The maximum absolute atomic E-state index is 12.0. The molecular weight excluding hydrogens is 270 g/mol. The number of carbonyl (C=O) groups is 1. The first kappa shape index (κ1) is 13.4. The Balaban J connectivity index is 1.66. The number of pyridine rings is 1. The number of fused-ring (bicyclic) bond motifs is 1. The predicted octanol–water partition coefficient (Wildman–Crippen LogP) is 3.21. The molecule has 0 atom stereocenters. The lowest BCUT2D eigenvalue weighted by Crippen LogP contribution is -2.35. The summed E-state index contributed by atoms with van der Waals surface area (Å²) in [6.45, 7) is 0. The predicted molar refractivity (Wildman–Crippen MR) is 81.9 cm³/mol. The van der Waals surface area contributed by atoms with E-state index in [9.17, 15) is 4.79 Å². The van der Waals surface area contributed by atoms with Crippen molar-refractivity contribution in [2.24, 2.45) is 0 Å². The lowest BCUT2D eigenvalue weighted by Gasteiger charge is -2.33. The highest BCUT2D eigenvalue weighted by molar-refractivity contribution is 7.99. The van der Waals surface area contributed by atoms with E-state index in [0.29, 0.717) is 11.7 Å². The van der Waals surface area contributed by atoms with Crippen molar-refractivity contribution in [1.29, 1.82) is 0 Å². The molecule has 1 aliphatic rings. The van der Waals surface area contributed by atoms with Crippen LogP contribution in [0.2, 0.25) is 0 Å². The van der Waals surface area contributed by atoms with Crippen LogP contribution in [0.4, 0.5) is 0 Å². The van der Waals surface area contributed by atoms with Gasteiger partial charge in [-0.15, -0.1) is 0 Å². The lowest BCUT2D eigenvalue weighted by molar-refractivity contribution is -0.151. The van der Waals surface area contributed by atoms with Crippen LogP contribution in [0, 0.1) is 0 Å². The summed E-state index contributed by atoms with van der Waals surface area (Å²) in [5.74, 6) is -0.126. The Bertz CT molecular complexity index is 617. The van der Waals surface area contributed by atoms with E-state index in [1.165, 1.54) is 0 Å². The fourth-order valence-corrected chi connectivity index (χ4v) is 3.35. The molecule has 0 bridgehead atoms. The highest BCUT2D eigenvalue weighted by atomic mass is 32.2. The summed E-state index contributed by atoms with van der Waals surface area (Å²) in [5, 5.41) is 2.80. The molecule has 0 N–H and O–H groups in total. The molecular formula is C16H17NO2S. The van der Waals surface area contributed by atoms with Gasteiger partial charge in [-0.1, -0.05) is 18.2 Å². The van der Waals surface area contributed by atoms with Crippen LogP contribution in [0.3, 0.4) is 0 Å². The van der Waals surface area contributed by atoms with Crippen molar-refractivity contribution in [3.63, 3.8) is 0 Å². The number of benzene rings is 1. The Morgan fingerprint density at radius 1 is 1.40 bits per heavy atom. The minimum absolute atomic E-state index is 0.122. The second-order valence-corrected chi connectivity index (χ2v) is 6.27. The summed E-state index contributed by atoms with van der Waals surface area (Å²) < 4.78 is 5.50. The van der Waals surface area contributed by atoms with Crippen molar-refractivity contribution in [3.05, 3.63) is 42.2 Å². The summed E-state index contributed by atoms with van der Waals surface area (Å²) in [4.78, 5) is 16.1. The van der Waals surface area contributed by atoms with Gasteiger partial charge < -0.3 is 4.74 Å². The summed E-state index contributed by atoms with van der Waals surface area (Å²) >= 11 is 1.85. The molecule has 0 unspecified atom stereocenters. The fourth-order valence-electron chi connectivity index (χ4n) is 2.53. The zero-order chi connectivity index (χ0) is 13.9. The normalized spacial score (nSPS) is 21.4. The molecule has 1 heterocycles. The number of rotatable bonds is 4. The minimum atomic E-state index is -0.126. The third-order valence-corrected chi connectivity index (χ3v) is 4.84. The monoisotopic (exact) mass is 287 g/mol. The summed E-state index contributed by atoms with van der Waals surface area (Å²) in [6.07, 6.45) is 8.12. The van der Waals surface area contributed by atoms with Crippen LogP contribution < -0.4 is 0 Å². The number of carbonyl (C=O) groups excluding carboxylic acids is 1.